The van der Waals surface area contributed by atoms with E-state index < -0.39 is 4.92 Å². The number of hydrogen-bond acceptors (Lipinski definition) is 5. The van der Waals surface area contributed by atoms with Crippen molar-refractivity contribution in [2.24, 2.45) is 0 Å². The maximum Gasteiger partial charge on any atom is 0.314 e. The van der Waals surface area contributed by atoms with Crippen LogP contribution < -0.4 is 14.8 Å². The summed E-state index contributed by atoms with van der Waals surface area (Å²) in [5, 5.41) is 13.1. The molecule has 0 aliphatic carbocycles. The Morgan fingerprint density at radius 1 is 1.53 bits per heavy atom. The third-order valence-electron chi connectivity index (χ3n) is 2.00. The van der Waals surface area contributed by atoms with Gasteiger partial charge in [0.25, 0.3) is 5.91 Å². The third-order valence-corrected chi connectivity index (χ3v) is 2.00. The highest BCUT2D eigenvalue weighted by molar-refractivity contribution is 5.77. The van der Waals surface area contributed by atoms with Crippen molar-refractivity contribution in [2.75, 3.05) is 20.8 Å². The quantitative estimate of drug-likeness (QED) is 0.605. The first kappa shape index (κ1) is 12.8. The van der Waals surface area contributed by atoms with Crippen LogP contribution in [0.15, 0.2) is 18.2 Å². The summed E-state index contributed by atoms with van der Waals surface area (Å²) < 4.78 is 9.91. The Labute approximate surface area is 97.5 Å². The number of hydrogen-bond donors (Lipinski definition) is 1. The van der Waals surface area contributed by atoms with Crippen LogP contribution in [0.4, 0.5) is 5.69 Å². The molecule has 1 rings (SSSR count). The van der Waals surface area contributed by atoms with Gasteiger partial charge in [-0.1, -0.05) is 0 Å². The highest BCUT2D eigenvalue weighted by Crippen LogP contribution is 2.30. The second-order valence-electron chi connectivity index (χ2n) is 3.05. The standard InChI is InChI=1S/C10H12N2O5/c1-11-10(13)6-17-9-4-3-7(16-2)5-8(9)12(14)15/h3-5H,6H2,1-2H3,(H,11,13). The number of rotatable bonds is 5. The summed E-state index contributed by atoms with van der Waals surface area (Å²) in [6.07, 6.45) is 0. The Hall–Kier alpha value is -2.31. The predicted molar refractivity (Wildman–Crippen MR) is 59.2 cm³/mol. The first-order chi connectivity index (χ1) is 8.08. The monoisotopic (exact) mass is 240 g/mol. The summed E-state index contributed by atoms with van der Waals surface area (Å²) in [7, 11) is 2.86. The van der Waals surface area contributed by atoms with Crippen molar-refractivity contribution in [3.05, 3.63) is 28.3 Å². The molecule has 0 saturated heterocycles. The molecule has 17 heavy (non-hydrogen) atoms. The van der Waals surface area contributed by atoms with Crippen molar-refractivity contribution in [1.82, 2.24) is 5.32 Å². The van der Waals surface area contributed by atoms with E-state index in [1.165, 1.54) is 32.4 Å². The number of methoxy groups -OCH3 is 1. The van der Waals surface area contributed by atoms with Gasteiger partial charge in [0, 0.05) is 7.05 Å². The summed E-state index contributed by atoms with van der Waals surface area (Å²) in [5.74, 6) is 0.0125. The minimum atomic E-state index is -0.596. The SMILES string of the molecule is CNC(=O)COc1ccc(OC)cc1[N+](=O)[O-]. The molecular weight excluding hydrogens is 228 g/mol. The van der Waals surface area contributed by atoms with E-state index in [-0.39, 0.29) is 24.0 Å². The van der Waals surface area contributed by atoms with Crippen LogP contribution in [0.2, 0.25) is 0 Å². The number of nitrogens with zero attached hydrogens (tertiary/aromatic N) is 1. The van der Waals surface area contributed by atoms with E-state index in [9.17, 15) is 14.9 Å². The van der Waals surface area contributed by atoms with Crippen molar-refractivity contribution < 1.29 is 19.2 Å². The highest BCUT2D eigenvalue weighted by Gasteiger charge is 2.17. The summed E-state index contributed by atoms with van der Waals surface area (Å²) in [5.41, 5.74) is -0.242. The lowest BCUT2D eigenvalue weighted by Gasteiger charge is -2.07. The lowest BCUT2D eigenvalue weighted by molar-refractivity contribution is -0.385. The summed E-state index contributed by atoms with van der Waals surface area (Å²) in [4.78, 5) is 21.1. The van der Waals surface area contributed by atoms with E-state index in [1.807, 2.05) is 0 Å². The Morgan fingerprint density at radius 3 is 2.76 bits per heavy atom. The molecule has 1 aromatic carbocycles. The fourth-order valence-electron chi connectivity index (χ4n) is 1.10. The van der Waals surface area contributed by atoms with Gasteiger partial charge in [-0.3, -0.25) is 14.9 Å². The lowest BCUT2D eigenvalue weighted by atomic mass is 10.3. The molecule has 0 bridgehead atoms. The van der Waals surface area contributed by atoms with Crippen molar-refractivity contribution in [3.63, 3.8) is 0 Å². The minimum absolute atomic E-state index is 0.0272. The zero-order valence-electron chi connectivity index (χ0n) is 9.43. The second-order valence-corrected chi connectivity index (χ2v) is 3.05. The fraction of sp³-hybridized carbons (Fsp3) is 0.300. The number of carbonyl (C=O) groups is 1. The van der Waals surface area contributed by atoms with E-state index >= 15 is 0 Å². The van der Waals surface area contributed by atoms with Crippen molar-refractivity contribution in [1.29, 1.82) is 0 Å². The Bertz CT molecular complexity index is 433. The largest absolute Gasteiger partial charge is 0.496 e. The van der Waals surface area contributed by atoms with Gasteiger partial charge in [0.1, 0.15) is 5.75 Å². The molecule has 0 spiro atoms. The van der Waals surface area contributed by atoms with Gasteiger partial charge in [0.05, 0.1) is 18.1 Å². The van der Waals surface area contributed by atoms with Crippen LogP contribution in [-0.4, -0.2) is 31.6 Å². The molecule has 0 unspecified atom stereocenters. The van der Waals surface area contributed by atoms with E-state index in [1.54, 1.807) is 0 Å². The van der Waals surface area contributed by atoms with Crippen LogP contribution in [-0.2, 0) is 4.79 Å². The zero-order valence-corrected chi connectivity index (χ0v) is 9.43. The molecule has 0 aliphatic heterocycles. The van der Waals surface area contributed by atoms with Gasteiger partial charge in [-0.15, -0.1) is 0 Å². The molecule has 0 heterocycles. The van der Waals surface area contributed by atoms with Gasteiger partial charge in [-0.2, -0.15) is 0 Å². The van der Waals surface area contributed by atoms with Crippen LogP contribution in [0.5, 0.6) is 11.5 Å². The first-order valence-electron chi connectivity index (χ1n) is 4.74. The van der Waals surface area contributed by atoms with Crippen LogP contribution in [0.1, 0.15) is 0 Å². The van der Waals surface area contributed by atoms with Gasteiger partial charge >= 0.3 is 5.69 Å². The molecule has 92 valence electrons. The van der Waals surface area contributed by atoms with Gasteiger partial charge in [-0.05, 0) is 12.1 Å². The van der Waals surface area contributed by atoms with Gasteiger partial charge in [0.2, 0.25) is 0 Å². The smallest absolute Gasteiger partial charge is 0.314 e. The van der Waals surface area contributed by atoms with E-state index in [0.29, 0.717) is 5.75 Å². The predicted octanol–water partition coefficient (Wildman–Crippen LogP) is 0.728. The van der Waals surface area contributed by atoms with E-state index in [0.717, 1.165) is 0 Å². The van der Waals surface area contributed by atoms with Crippen LogP contribution in [0.3, 0.4) is 0 Å². The molecule has 0 radical (unpaired) electrons. The van der Waals surface area contributed by atoms with Gasteiger partial charge < -0.3 is 14.8 Å². The topological polar surface area (TPSA) is 90.7 Å². The number of nitro benzene ring substituents is 1. The number of benzene rings is 1. The van der Waals surface area contributed by atoms with Crippen molar-refractivity contribution >= 4 is 11.6 Å². The molecule has 0 atom stereocenters. The Kier molecular flexibility index (Phi) is 4.27. The number of amides is 1. The normalized spacial score (nSPS) is 9.53. The summed E-state index contributed by atoms with van der Waals surface area (Å²) in [6.45, 7) is -0.274. The van der Waals surface area contributed by atoms with Gasteiger partial charge in [-0.25, -0.2) is 0 Å². The van der Waals surface area contributed by atoms with Crippen LogP contribution in [0.25, 0.3) is 0 Å². The fourth-order valence-corrected chi connectivity index (χ4v) is 1.10. The third kappa shape index (κ3) is 3.33. The minimum Gasteiger partial charge on any atom is -0.496 e. The lowest BCUT2D eigenvalue weighted by Crippen LogP contribution is -2.25. The van der Waals surface area contributed by atoms with Crippen LogP contribution in [0, 0.1) is 10.1 Å². The maximum atomic E-state index is 11.0. The summed E-state index contributed by atoms with van der Waals surface area (Å²) >= 11 is 0. The number of nitrogens with one attached hydrogen (secondary N) is 1. The highest BCUT2D eigenvalue weighted by atomic mass is 16.6. The zero-order chi connectivity index (χ0) is 12.8. The number of nitro groups is 1. The molecule has 0 fully saturated rings. The molecular formula is C10H12N2O5. The Balaban J connectivity index is 2.90. The van der Waals surface area contributed by atoms with Crippen LogP contribution >= 0.6 is 0 Å². The molecule has 0 aliphatic rings. The second kappa shape index (κ2) is 5.69. The molecule has 0 saturated carbocycles. The average Bonchev–Trinajstić information content (AvgIpc) is 2.35. The molecule has 7 nitrogen and oxygen atoms in total. The number of likely N-dealkylation sites (N-methyl/N-ethyl adjacent to an activating group) is 1. The molecule has 1 aromatic rings. The summed E-state index contributed by atoms with van der Waals surface area (Å²) in [6, 6.07) is 4.14. The van der Waals surface area contributed by atoms with E-state index in [4.69, 9.17) is 9.47 Å². The molecule has 1 amide bonds. The number of ether oxygens (including phenoxy) is 2. The van der Waals surface area contributed by atoms with Gasteiger partial charge in [0.15, 0.2) is 12.4 Å². The molecule has 0 aromatic heterocycles. The van der Waals surface area contributed by atoms with Crippen molar-refractivity contribution in [3.8, 4) is 11.5 Å². The van der Waals surface area contributed by atoms with Crippen molar-refractivity contribution in [2.45, 2.75) is 0 Å². The molecule has 7 heteroatoms. The van der Waals surface area contributed by atoms with E-state index in [2.05, 4.69) is 5.32 Å². The molecule has 1 N–H and O–H groups in total. The number of carbonyl (C=O) groups excluding carboxylic acids is 1. The average molecular weight is 240 g/mol. The Morgan fingerprint density at radius 2 is 2.24 bits per heavy atom. The maximum absolute atomic E-state index is 11.0. The first-order valence-corrected chi connectivity index (χ1v) is 4.74.